The third kappa shape index (κ3) is 1.33. The number of nitrogens with zero attached hydrogens (tertiary/aromatic N) is 1. The predicted molar refractivity (Wildman–Crippen MR) is 62.2 cm³/mol. The van der Waals surface area contributed by atoms with Crippen molar-refractivity contribution in [3.63, 3.8) is 0 Å². The number of fused-ring (bicyclic) bond motifs is 1. The standard InChI is InChI=1S/C13H14N2/c1-2-9-3-10(6-14-5-9)12-4-11-7-15-8-13(11)12/h2-6,11,13,15H,1,7-8H2. The Hall–Kier alpha value is -1.41. The SMILES string of the molecule is C=Cc1cncc(C2=CC3CNCC23)c1. The molecule has 0 aromatic carbocycles. The number of nitrogens with one attached hydrogen (secondary N) is 1. The van der Waals surface area contributed by atoms with Crippen LogP contribution in [0.4, 0.5) is 0 Å². The fourth-order valence-electron chi connectivity index (χ4n) is 2.49. The maximum absolute atomic E-state index is 4.24. The van der Waals surface area contributed by atoms with Crippen LogP contribution in [0.5, 0.6) is 0 Å². The molecule has 3 rings (SSSR count). The lowest BCUT2D eigenvalue weighted by atomic mass is 9.74. The molecule has 0 saturated carbocycles. The molecule has 1 aliphatic carbocycles. The minimum absolute atomic E-state index is 0.715. The van der Waals surface area contributed by atoms with Crippen molar-refractivity contribution in [2.45, 2.75) is 0 Å². The molecule has 1 aromatic heterocycles. The molecule has 1 aliphatic heterocycles. The normalized spacial score (nSPS) is 27.9. The minimum atomic E-state index is 0.715. The molecule has 0 radical (unpaired) electrons. The lowest BCUT2D eigenvalue weighted by molar-refractivity contribution is 0.564. The Morgan fingerprint density at radius 1 is 1.40 bits per heavy atom. The van der Waals surface area contributed by atoms with E-state index >= 15 is 0 Å². The molecule has 2 heteroatoms. The molecule has 1 N–H and O–H groups in total. The second-order valence-electron chi connectivity index (χ2n) is 4.26. The monoisotopic (exact) mass is 198 g/mol. The lowest BCUT2D eigenvalue weighted by Gasteiger charge is -2.29. The maximum atomic E-state index is 4.24. The zero-order valence-electron chi connectivity index (χ0n) is 8.61. The molecular formula is C13H14N2. The largest absolute Gasteiger partial charge is 0.315 e. The van der Waals surface area contributed by atoms with Gasteiger partial charge in [0, 0.05) is 31.4 Å². The summed E-state index contributed by atoms with van der Waals surface area (Å²) in [5.41, 5.74) is 3.82. The highest BCUT2D eigenvalue weighted by Gasteiger charge is 2.36. The van der Waals surface area contributed by atoms with Crippen LogP contribution in [-0.4, -0.2) is 18.1 Å². The molecule has 0 bridgehead atoms. The Bertz CT molecular complexity index is 434. The Morgan fingerprint density at radius 3 is 3.13 bits per heavy atom. The summed E-state index contributed by atoms with van der Waals surface area (Å²) in [6.07, 6.45) is 8.02. The summed E-state index contributed by atoms with van der Waals surface area (Å²) in [6.45, 7) is 6.03. The molecule has 0 amide bonds. The highest BCUT2D eigenvalue weighted by molar-refractivity contribution is 5.74. The first kappa shape index (κ1) is 8.86. The number of aromatic nitrogens is 1. The number of pyridine rings is 1. The van der Waals surface area contributed by atoms with Crippen molar-refractivity contribution in [2.75, 3.05) is 13.1 Å². The van der Waals surface area contributed by atoms with E-state index in [0.29, 0.717) is 5.92 Å². The van der Waals surface area contributed by atoms with Gasteiger partial charge in [0.15, 0.2) is 0 Å². The smallest absolute Gasteiger partial charge is 0.0343 e. The molecule has 1 aromatic rings. The number of rotatable bonds is 2. The number of hydrogen-bond donors (Lipinski definition) is 1. The lowest BCUT2D eigenvalue weighted by Crippen LogP contribution is -2.22. The van der Waals surface area contributed by atoms with Crippen LogP contribution in [0.15, 0.2) is 31.1 Å². The van der Waals surface area contributed by atoms with Crippen molar-refractivity contribution >= 4 is 11.6 Å². The Balaban J connectivity index is 1.94. The summed E-state index contributed by atoms with van der Waals surface area (Å²) in [4.78, 5) is 4.24. The van der Waals surface area contributed by atoms with Gasteiger partial charge in [-0.05, 0) is 28.7 Å². The van der Waals surface area contributed by atoms with Gasteiger partial charge in [-0.25, -0.2) is 0 Å². The Kier molecular flexibility index (Phi) is 1.96. The number of hydrogen-bond acceptors (Lipinski definition) is 2. The van der Waals surface area contributed by atoms with Crippen LogP contribution in [0, 0.1) is 11.8 Å². The van der Waals surface area contributed by atoms with E-state index in [2.05, 4.69) is 29.0 Å². The summed E-state index contributed by atoms with van der Waals surface area (Å²) in [6, 6.07) is 2.17. The molecule has 0 spiro atoms. The average Bonchev–Trinajstić information content (AvgIpc) is 2.61. The molecule has 1 saturated heterocycles. The van der Waals surface area contributed by atoms with Crippen LogP contribution in [0.3, 0.4) is 0 Å². The highest BCUT2D eigenvalue weighted by Crippen LogP contribution is 2.42. The van der Waals surface area contributed by atoms with Gasteiger partial charge in [0.05, 0.1) is 0 Å². The molecule has 1 fully saturated rings. The Labute approximate surface area is 89.7 Å². The first-order chi connectivity index (χ1) is 7.38. The average molecular weight is 198 g/mol. The van der Waals surface area contributed by atoms with E-state index in [-0.39, 0.29) is 0 Å². The Morgan fingerprint density at radius 2 is 2.33 bits per heavy atom. The quantitative estimate of drug-likeness (QED) is 0.785. The highest BCUT2D eigenvalue weighted by atomic mass is 14.9. The summed E-state index contributed by atoms with van der Waals surface area (Å²) < 4.78 is 0. The molecule has 2 atom stereocenters. The van der Waals surface area contributed by atoms with E-state index in [1.807, 2.05) is 18.5 Å². The van der Waals surface area contributed by atoms with Gasteiger partial charge in [-0.15, -0.1) is 0 Å². The van der Waals surface area contributed by atoms with Gasteiger partial charge < -0.3 is 5.32 Å². The van der Waals surface area contributed by atoms with E-state index in [0.717, 1.165) is 24.6 Å². The first-order valence-corrected chi connectivity index (χ1v) is 5.39. The minimum Gasteiger partial charge on any atom is -0.315 e. The summed E-state index contributed by atoms with van der Waals surface area (Å²) >= 11 is 0. The van der Waals surface area contributed by atoms with Crippen molar-refractivity contribution in [2.24, 2.45) is 11.8 Å². The van der Waals surface area contributed by atoms with E-state index in [9.17, 15) is 0 Å². The van der Waals surface area contributed by atoms with E-state index < -0.39 is 0 Å². The molecule has 2 aliphatic rings. The van der Waals surface area contributed by atoms with Crippen LogP contribution in [0.1, 0.15) is 11.1 Å². The predicted octanol–water partition coefficient (Wildman–Crippen LogP) is 1.96. The zero-order valence-corrected chi connectivity index (χ0v) is 8.61. The molecular weight excluding hydrogens is 184 g/mol. The molecule has 2 heterocycles. The van der Waals surface area contributed by atoms with Crippen molar-refractivity contribution < 1.29 is 0 Å². The third-order valence-electron chi connectivity index (χ3n) is 3.38. The first-order valence-electron chi connectivity index (χ1n) is 5.39. The van der Waals surface area contributed by atoms with Gasteiger partial charge in [-0.2, -0.15) is 0 Å². The summed E-state index contributed by atoms with van der Waals surface area (Å²) in [7, 11) is 0. The van der Waals surface area contributed by atoms with Gasteiger partial charge in [-0.3, -0.25) is 4.98 Å². The second-order valence-corrected chi connectivity index (χ2v) is 4.26. The van der Waals surface area contributed by atoms with Crippen molar-refractivity contribution in [3.05, 3.63) is 42.2 Å². The van der Waals surface area contributed by atoms with Gasteiger partial charge >= 0.3 is 0 Å². The van der Waals surface area contributed by atoms with Crippen LogP contribution < -0.4 is 5.32 Å². The fourth-order valence-corrected chi connectivity index (χ4v) is 2.49. The zero-order chi connectivity index (χ0) is 10.3. The molecule has 2 unspecified atom stereocenters. The van der Waals surface area contributed by atoms with Crippen molar-refractivity contribution in [3.8, 4) is 0 Å². The van der Waals surface area contributed by atoms with Crippen LogP contribution in [-0.2, 0) is 0 Å². The topological polar surface area (TPSA) is 24.9 Å². The van der Waals surface area contributed by atoms with Gasteiger partial charge in [0.2, 0.25) is 0 Å². The van der Waals surface area contributed by atoms with Crippen molar-refractivity contribution in [1.29, 1.82) is 0 Å². The van der Waals surface area contributed by atoms with E-state index in [1.54, 1.807) is 0 Å². The van der Waals surface area contributed by atoms with E-state index in [4.69, 9.17) is 0 Å². The molecule has 76 valence electrons. The van der Waals surface area contributed by atoms with Gasteiger partial charge in [-0.1, -0.05) is 18.7 Å². The third-order valence-corrected chi connectivity index (χ3v) is 3.38. The van der Waals surface area contributed by atoms with Crippen LogP contribution >= 0.6 is 0 Å². The van der Waals surface area contributed by atoms with Gasteiger partial charge in [0.25, 0.3) is 0 Å². The maximum Gasteiger partial charge on any atom is 0.0343 e. The van der Waals surface area contributed by atoms with Gasteiger partial charge in [0.1, 0.15) is 0 Å². The summed E-state index contributed by atoms with van der Waals surface area (Å²) in [5, 5.41) is 3.42. The fraction of sp³-hybridized carbons (Fsp3) is 0.308. The second kappa shape index (κ2) is 3.31. The van der Waals surface area contributed by atoms with E-state index in [1.165, 1.54) is 11.1 Å². The summed E-state index contributed by atoms with van der Waals surface area (Å²) in [5.74, 6) is 1.47. The molecule has 2 nitrogen and oxygen atoms in total. The molecule has 15 heavy (non-hydrogen) atoms. The van der Waals surface area contributed by atoms with Crippen molar-refractivity contribution in [1.82, 2.24) is 10.3 Å². The van der Waals surface area contributed by atoms with Crippen LogP contribution in [0.2, 0.25) is 0 Å². The van der Waals surface area contributed by atoms with Crippen LogP contribution in [0.25, 0.3) is 11.6 Å².